The Hall–Kier alpha value is -3.65. The molecule has 2 fully saturated rings. The van der Waals surface area contributed by atoms with Crippen LogP contribution in [0.4, 0.5) is 4.79 Å². The standard InChI is InChI=1S/C25H39N8O7/c1-23(2,3)40-22(37)28-16-18(34)32-15-9-13-25(32,5)20(36)30-24(4,19(35)29-17-10-6-7-11-17)12-8-14-27-21(26)31-33(38)39/h6-7,10-11H,8-9,12-16H2,1-5H3,(H,28,37)(H,29,35)(H,30,36)(H3,26,27,31)/t24-,25-/m0/s1. The van der Waals surface area contributed by atoms with Gasteiger partial charge < -0.3 is 31.3 Å². The third-order valence-corrected chi connectivity index (χ3v) is 6.35. The van der Waals surface area contributed by atoms with Gasteiger partial charge in [0.2, 0.25) is 17.7 Å². The summed E-state index contributed by atoms with van der Waals surface area (Å²) in [5, 5.41) is 17.7. The first-order valence-electron chi connectivity index (χ1n) is 12.9. The molecule has 6 N–H and O–H groups in total. The first-order valence-corrected chi connectivity index (χ1v) is 12.9. The molecule has 221 valence electrons. The predicted molar refractivity (Wildman–Crippen MR) is 145 cm³/mol. The topological polar surface area (TPSA) is 210 Å². The maximum atomic E-state index is 13.7. The average Bonchev–Trinajstić information content (AvgIpc) is 3.49. The van der Waals surface area contributed by atoms with Crippen molar-refractivity contribution in [3.8, 4) is 0 Å². The van der Waals surface area contributed by atoms with E-state index in [1.165, 1.54) is 4.90 Å². The number of amides is 4. The van der Waals surface area contributed by atoms with E-state index in [1.807, 2.05) is 0 Å². The Morgan fingerprint density at radius 3 is 2.45 bits per heavy atom. The number of hydrogen-bond donors (Lipinski definition) is 5. The van der Waals surface area contributed by atoms with E-state index in [2.05, 4.69) is 20.9 Å². The van der Waals surface area contributed by atoms with Gasteiger partial charge in [-0.3, -0.25) is 14.4 Å². The largest absolute Gasteiger partial charge is 0.444 e. The number of nitrogens with zero attached hydrogens (tertiary/aromatic N) is 3. The minimum atomic E-state index is -1.43. The summed E-state index contributed by atoms with van der Waals surface area (Å²) in [5.74, 6) is -1.87. The van der Waals surface area contributed by atoms with Crippen LogP contribution in [-0.2, 0) is 19.1 Å². The fraction of sp³-hybridized carbons (Fsp3) is 0.600. The molecule has 1 saturated heterocycles. The lowest BCUT2D eigenvalue weighted by molar-refractivity contribution is -0.525. The normalized spacial score (nSPS) is 21.3. The minimum absolute atomic E-state index is 0.0556. The van der Waals surface area contributed by atoms with Gasteiger partial charge in [0.05, 0.1) is 6.04 Å². The van der Waals surface area contributed by atoms with Gasteiger partial charge in [0.1, 0.15) is 23.2 Å². The molecule has 1 saturated carbocycles. The summed E-state index contributed by atoms with van der Waals surface area (Å²) in [6.45, 7) is 8.27. The molecule has 40 heavy (non-hydrogen) atoms. The van der Waals surface area contributed by atoms with Crippen molar-refractivity contribution in [3.63, 3.8) is 0 Å². The number of likely N-dealkylation sites (tertiary alicyclic amines) is 1. The van der Waals surface area contributed by atoms with E-state index in [0.717, 1.165) is 0 Å². The van der Waals surface area contributed by atoms with Gasteiger partial charge in [-0.25, -0.2) is 19.9 Å². The molecule has 15 heteroatoms. The molecule has 5 radical (unpaired) electrons. The van der Waals surface area contributed by atoms with Crippen LogP contribution in [0.3, 0.4) is 0 Å². The molecular weight excluding hydrogens is 524 g/mol. The van der Waals surface area contributed by atoms with Crippen molar-refractivity contribution in [2.45, 2.75) is 77.0 Å². The molecule has 0 aromatic rings. The molecule has 1 aliphatic heterocycles. The number of nitro groups is 1. The Balaban J connectivity index is 2.12. The highest BCUT2D eigenvalue weighted by Crippen LogP contribution is 2.31. The van der Waals surface area contributed by atoms with Crippen LogP contribution in [0.2, 0.25) is 0 Å². The van der Waals surface area contributed by atoms with Crippen molar-refractivity contribution in [1.29, 1.82) is 0 Å². The van der Waals surface area contributed by atoms with Gasteiger partial charge in [0, 0.05) is 13.1 Å². The lowest BCUT2D eigenvalue weighted by Crippen LogP contribution is -2.64. The molecule has 4 amide bonds. The predicted octanol–water partition coefficient (Wildman–Crippen LogP) is 0.122. The lowest BCUT2D eigenvalue weighted by atomic mass is 9.90. The highest BCUT2D eigenvalue weighted by molar-refractivity contribution is 5.97. The Morgan fingerprint density at radius 2 is 1.85 bits per heavy atom. The second-order valence-corrected chi connectivity index (χ2v) is 10.9. The van der Waals surface area contributed by atoms with Crippen LogP contribution in [0.1, 0.15) is 60.3 Å². The molecule has 0 bridgehead atoms. The van der Waals surface area contributed by atoms with Gasteiger partial charge in [-0.15, -0.1) is 0 Å². The highest BCUT2D eigenvalue weighted by atomic mass is 16.7. The second-order valence-electron chi connectivity index (χ2n) is 10.9. The third-order valence-electron chi connectivity index (χ3n) is 6.35. The van der Waals surface area contributed by atoms with Crippen molar-refractivity contribution in [2.75, 3.05) is 19.6 Å². The number of alkyl carbamates (subject to hydrolysis) is 1. The van der Waals surface area contributed by atoms with Crippen LogP contribution in [0.25, 0.3) is 0 Å². The van der Waals surface area contributed by atoms with E-state index < -0.39 is 45.5 Å². The van der Waals surface area contributed by atoms with E-state index >= 15 is 0 Å². The summed E-state index contributed by atoms with van der Waals surface area (Å²) in [6, 6.07) is 0.542. The first-order chi connectivity index (χ1) is 18.6. The molecular formula is C25H39N8O7. The number of hydrogen-bond acceptors (Lipinski definition) is 8. The van der Waals surface area contributed by atoms with Gasteiger partial charge in [0.15, 0.2) is 5.03 Å². The number of ether oxygens (including phenoxy) is 1. The van der Waals surface area contributed by atoms with Crippen LogP contribution in [0.15, 0.2) is 4.99 Å². The number of nitrogens with one attached hydrogen (secondary N) is 4. The van der Waals surface area contributed by atoms with E-state index in [9.17, 15) is 29.3 Å². The van der Waals surface area contributed by atoms with Crippen molar-refractivity contribution in [1.82, 2.24) is 26.3 Å². The first kappa shape index (κ1) is 32.6. The number of hydrazine groups is 1. The van der Waals surface area contributed by atoms with Crippen LogP contribution in [0, 0.1) is 41.8 Å². The molecule has 0 aromatic carbocycles. The fourth-order valence-electron chi connectivity index (χ4n) is 4.26. The van der Waals surface area contributed by atoms with Gasteiger partial charge in [-0.2, -0.15) is 0 Å². The van der Waals surface area contributed by atoms with Crippen LogP contribution >= 0.6 is 0 Å². The smallest absolute Gasteiger partial charge is 0.408 e. The van der Waals surface area contributed by atoms with Crippen LogP contribution < -0.4 is 27.1 Å². The van der Waals surface area contributed by atoms with Crippen LogP contribution in [-0.4, -0.2) is 76.0 Å². The van der Waals surface area contributed by atoms with E-state index in [-0.39, 0.29) is 31.9 Å². The van der Waals surface area contributed by atoms with E-state index in [1.54, 1.807) is 65.7 Å². The number of carbonyl (C=O) groups is 4. The second kappa shape index (κ2) is 13.6. The number of guanidine groups is 1. The van der Waals surface area contributed by atoms with Gasteiger partial charge >= 0.3 is 6.09 Å². The number of rotatable bonds is 11. The summed E-state index contributed by atoms with van der Waals surface area (Å²) in [6.07, 6.45) is 7.42. The summed E-state index contributed by atoms with van der Waals surface area (Å²) >= 11 is 0. The zero-order valence-corrected chi connectivity index (χ0v) is 23.5. The summed E-state index contributed by atoms with van der Waals surface area (Å²) in [4.78, 5) is 67.8. The van der Waals surface area contributed by atoms with E-state index in [4.69, 9.17) is 10.5 Å². The SMILES string of the molecule is CC(C)(C)OC(=O)NCC(=O)N1CCC[C@@]1(C)C(=O)N[C@@](C)(CCCN=C(N)N[N+](=O)[O-])C(=O)N[C]1[CH][CH][CH][CH]1. The molecule has 0 spiro atoms. The highest BCUT2D eigenvalue weighted by Gasteiger charge is 2.48. The molecule has 1 aliphatic carbocycles. The number of aliphatic imine (C=N–C) groups is 1. The molecule has 2 aliphatic rings. The number of nitrogens with two attached hydrogens (primary N) is 1. The zero-order chi connectivity index (χ0) is 30.1. The molecule has 1 heterocycles. The maximum absolute atomic E-state index is 13.7. The molecule has 0 unspecified atom stereocenters. The monoisotopic (exact) mass is 563 g/mol. The van der Waals surface area contributed by atoms with Crippen molar-refractivity contribution < 1.29 is 28.9 Å². The Bertz CT molecular complexity index is 992. The molecule has 2 atom stereocenters. The van der Waals surface area contributed by atoms with Gasteiger partial charge in [-0.1, -0.05) is 5.43 Å². The molecule has 0 aromatic heterocycles. The third kappa shape index (κ3) is 9.52. The molecule has 15 nitrogen and oxygen atoms in total. The summed E-state index contributed by atoms with van der Waals surface area (Å²) < 4.78 is 5.17. The Morgan fingerprint density at radius 1 is 1.20 bits per heavy atom. The quantitative estimate of drug-likeness (QED) is 0.0758. The lowest BCUT2D eigenvalue weighted by Gasteiger charge is -2.38. The van der Waals surface area contributed by atoms with Gasteiger partial charge in [0.25, 0.3) is 5.96 Å². The van der Waals surface area contributed by atoms with E-state index in [0.29, 0.717) is 25.4 Å². The van der Waals surface area contributed by atoms with Crippen molar-refractivity contribution in [2.24, 2.45) is 10.7 Å². The van der Waals surface area contributed by atoms with Gasteiger partial charge in [-0.05, 0) is 86.0 Å². The summed E-state index contributed by atoms with van der Waals surface area (Å²) in [5.41, 5.74) is 3.76. The van der Waals surface area contributed by atoms with Crippen LogP contribution in [0.5, 0.6) is 0 Å². The van der Waals surface area contributed by atoms with Crippen molar-refractivity contribution in [3.05, 3.63) is 41.8 Å². The fourth-order valence-corrected chi connectivity index (χ4v) is 4.26. The minimum Gasteiger partial charge on any atom is -0.444 e. The average molecular weight is 564 g/mol. The zero-order valence-electron chi connectivity index (χ0n) is 23.5. The van der Waals surface area contributed by atoms with Crippen molar-refractivity contribution >= 4 is 29.8 Å². The molecule has 2 rings (SSSR count). The summed E-state index contributed by atoms with van der Waals surface area (Å²) in [7, 11) is 0. The Labute approximate surface area is 234 Å². The maximum Gasteiger partial charge on any atom is 0.408 e. The number of carbonyl (C=O) groups excluding carboxylic acids is 4. The Kier molecular flexibility index (Phi) is 11.1.